The number of nitrogens with zero attached hydrogens (tertiary/aromatic N) is 4. The minimum absolute atomic E-state index is 0.114. The second-order valence-corrected chi connectivity index (χ2v) is 8.50. The van der Waals surface area contributed by atoms with Crippen LogP contribution in [0.2, 0.25) is 0 Å². The van der Waals surface area contributed by atoms with E-state index in [-0.39, 0.29) is 11.7 Å². The minimum Gasteiger partial charge on any atom is -0.354 e. The Labute approximate surface area is 189 Å². The van der Waals surface area contributed by atoms with Crippen LogP contribution < -0.4 is 9.80 Å². The van der Waals surface area contributed by atoms with Crippen molar-refractivity contribution in [2.24, 2.45) is 0 Å². The van der Waals surface area contributed by atoms with Gasteiger partial charge in [-0.25, -0.2) is 9.37 Å². The standard InChI is InChI=1S/C26H29FN4O/c1-19-4-10-24(20(2)16-19)26(32)31(23-8-6-22(27)7-9-23)18-21-5-11-25(28-17-21)30-14-12-29(3)13-15-30/h4-11,16-17H,12-15,18H2,1-3H3. The van der Waals surface area contributed by atoms with Crippen LogP contribution in [0.3, 0.4) is 0 Å². The lowest BCUT2D eigenvalue weighted by molar-refractivity contribution is 0.0984. The Bertz CT molecular complexity index is 1070. The molecule has 6 heteroatoms. The molecule has 0 aliphatic carbocycles. The molecule has 2 heterocycles. The summed E-state index contributed by atoms with van der Waals surface area (Å²) in [6, 6.07) is 15.9. The molecule has 1 saturated heterocycles. The number of likely N-dealkylation sites (N-methyl/N-ethyl adjacent to an activating group) is 1. The molecule has 1 aliphatic heterocycles. The van der Waals surface area contributed by atoms with E-state index in [1.54, 1.807) is 17.0 Å². The van der Waals surface area contributed by atoms with Gasteiger partial charge in [0.25, 0.3) is 5.91 Å². The molecule has 0 N–H and O–H groups in total. The van der Waals surface area contributed by atoms with Crippen LogP contribution in [0.25, 0.3) is 0 Å². The van der Waals surface area contributed by atoms with E-state index in [1.165, 1.54) is 12.1 Å². The summed E-state index contributed by atoms with van der Waals surface area (Å²) in [5.41, 5.74) is 4.24. The molecule has 4 rings (SSSR count). The van der Waals surface area contributed by atoms with Crippen molar-refractivity contribution in [2.45, 2.75) is 20.4 Å². The molecular weight excluding hydrogens is 403 g/mol. The molecule has 1 aliphatic rings. The van der Waals surface area contributed by atoms with E-state index in [4.69, 9.17) is 0 Å². The van der Waals surface area contributed by atoms with Crippen molar-refractivity contribution in [3.05, 3.63) is 88.9 Å². The van der Waals surface area contributed by atoms with Gasteiger partial charge in [-0.15, -0.1) is 0 Å². The number of benzene rings is 2. The third kappa shape index (κ3) is 4.97. The third-order valence-corrected chi connectivity index (χ3v) is 5.97. The van der Waals surface area contributed by atoms with Crippen LogP contribution in [0, 0.1) is 19.7 Å². The number of halogens is 1. The summed E-state index contributed by atoms with van der Waals surface area (Å²) in [7, 11) is 2.13. The van der Waals surface area contributed by atoms with E-state index in [0.717, 1.165) is 48.7 Å². The maximum atomic E-state index is 13.5. The molecule has 2 aromatic carbocycles. The van der Waals surface area contributed by atoms with Gasteiger partial charge in [0.2, 0.25) is 0 Å². The zero-order valence-electron chi connectivity index (χ0n) is 18.9. The first-order chi connectivity index (χ1) is 15.4. The molecule has 5 nitrogen and oxygen atoms in total. The molecule has 3 aromatic rings. The van der Waals surface area contributed by atoms with E-state index >= 15 is 0 Å². The van der Waals surface area contributed by atoms with Crippen LogP contribution in [0.5, 0.6) is 0 Å². The average molecular weight is 433 g/mol. The van der Waals surface area contributed by atoms with Gasteiger partial charge in [-0.1, -0.05) is 23.8 Å². The second kappa shape index (κ2) is 9.49. The fraction of sp³-hybridized carbons (Fsp3) is 0.308. The quantitative estimate of drug-likeness (QED) is 0.598. The number of aryl methyl sites for hydroxylation is 2. The average Bonchev–Trinajstić information content (AvgIpc) is 2.79. The minimum atomic E-state index is -0.328. The van der Waals surface area contributed by atoms with Crippen molar-refractivity contribution in [3.63, 3.8) is 0 Å². The highest BCUT2D eigenvalue weighted by molar-refractivity contribution is 6.07. The number of carbonyl (C=O) groups is 1. The number of anilines is 2. The van der Waals surface area contributed by atoms with Crippen LogP contribution >= 0.6 is 0 Å². The highest BCUT2D eigenvalue weighted by atomic mass is 19.1. The summed E-state index contributed by atoms with van der Waals surface area (Å²) < 4.78 is 13.5. The highest BCUT2D eigenvalue weighted by Crippen LogP contribution is 2.23. The van der Waals surface area contributed by atoms with Gasteiger partial charge >= 0.3 is 0 Å². The summed E-state index contributed by atoms with van der Waals surface area (Å²) in [6.07, 6.45) is 1.83. The largest absolute Gasteiger partial charge is 0.354 e. The van der Waals surface area contributed by atoms with Crippen LogP contribution in [-0.2, 0) is 6.54 Å². The molecular formula is C26H29FN4O. The zero-order chi connectivity index (χ0) is 22.7. The van der Waals surface area contributed by atoms with Crippen molar-refractivity contribution in [2.75, 3.05) is 43.0 Å². The number of hydrogen-bond acceptors (Lipinski definition) is 4. The van der Waals surface area contributed by atoms with Gasteiger partial charge in [-0.2, -0.15) is 0 Å². The smallest absolute Gasteiger partial charge is 0.258 e. The number of pyridine rings is 1. The Morgan fingerprint density at radius 2 is 1.72 bits per heavy atom. The van der Waals surface area contributed by atoms with Crippen molar-refractivity contribution in [1.82, 2.24) is 9.88 Å². The van der Waals surface area contributed by atoms with Gasteiger partial charge in [-0.3, -0.25) is 4.79 Å². The maximum Gasteiger partial charge on any atom is 0.258 e. The molecule has 32 heavy (non-hydrogen) atoms. The lowest BCUT2D eigenvalue weighted by Gasteiger charge is -2.33. The van der Waals surface area contributed by atoms with E-state index in [9.17, 15) is 9.18 Å². The van der Waals surface area contributed by atoms with Crippen molar-refractivity contribution in [3.8, 4) is 0 Å². The van der Waals surface area contributed by atoms with Gasteiger partial charge in [0.1, 0.15) is 11.6 Å². The molecule has 166 valence electrons. The number of carbonyl (C=O) groups excluding carboxylic acids is 1. The summed E-state index contributed by atoms with van der Waals surface area (Å²) in [4.78, 5) is 24.4. The van der Waals surface area contributed by atoms with Gasteiger partial charge in [0, 0.05) is 43.6 Å². The van der Waals surface area contributed by atoms with E-state index < -0.39 is 0 Å². The maximum absolute atomic E-state index is 13.5. The predicted molar refractivity (Wildman–Crippen MR) is 127 cm³/mol. The SMILES string of the molecule is Cc1ccc(C(=O)N(Cc2ccc(N3CCN(C)CC3)nc2)c2ccc(F)cc2)c(C)c1. The molecule has 0 atom stereocenters. The van der Waals surface area contributed by atoms with Gasteiger partial charge in [0.15, 0.2) is 0 Å². The van der Waals surface area contributed by atoms with Gasteiger partial charge in [0.05, 0.1) is 6.54 Å². The second-order valence-electron chi connectivity index (χ2n) is 8.50. The fourth-order valence-corrected chi connectivity index (χ4v) is 4.02. The predicted octanol–water partition coefficient (Wildman–Crippen LogP) is 4.44. The number of rotatable bonds is 5. The molecule has 0 saturated carbocycles. The Hall–Kier alpha value is -3.25. The fourth-order valence-electron chi connectivity index (χ4n) is 4.02. The van der Waals surface area contributed by atoms with E-state index in [2.05, 4.69) is 21.8 Å². The Balaban J connectivity index is 1.59. The van der Waals surface area contributed by atoms with E-state index in [1.807, 2.05) is 50.4 Å². The molecule has 0 spiro atoms. The normalized spacial score (nSPS) is 14.4. The third-order valence-electron chi connectivity index (χ3n) is 5.97. The lowest BCUT2D eigenvalue weighted by Crippen LogP contribution is -2.44. The first kappa shape index (κ1) is 22.0. The number of amides is 1. The zero-order valence-corrected chi connectivity index (χ0v) is 18.9. The number of piperazine rings is 1. The first-order valence-corrected chi connectivity index (χ1v) is 10.9. The summed E-state index contributed by atoms with van der Waals surface area (Å²) in [6.45, 7) is 8.25. The van der Waals surface area contributed by atoms with Gasteiger partial charge in [-0.05, 0) is 68.4 Å². The molecule has 1 amide bonds. The molecule has 1 aromatic heterocycles. The van der Waals surface area contributed by atoms with Crippen molar-refractivity contribution < 1.29 is 9.18 Å². The Morgan fingerprint density at radius 1 is 1.00 bits per heavy atom. The lowest BCUT2D eigenvalue weighted by atomic mass is 10.0. The Morgan fingerprint density at radius 3 is 2.34 bits per heavy atom. The van der Waals surface area contributed by atoms with Crippen LogP contribution in [0.4, 0.5) is 15.9 Å². The molecule has 1 fully saturated rings. The van der Waals surface area contributed by atoms with Crippen molar-refractivity contribution in [1.29, 1.82) is 0 Å². The Kier molecular flexibility index (Phi) is 6.51. The van der Waals surface area contributed by atoms with E-state index in [0.29, 0.717) is 17.8 Å². The molecule has 0 unspecified atom stereocenters. The first-order valence-electron chi connectivity index (χ1n) is 10.9. The summed E-state index contributed by atoms with van der Waals surface area (Å²) >= 11 is 0. The number of aromatic nitrogens is 1. The monoisotopic (exact) mass is 432 g/mol. The molecule has 0 bridgehead atoms. The van der Waals surface area contributed by atoms with Crippen molar-refractivity contribution >= 4 is 17.4 Å². The summed E-state index contributed by atoms with van der Waals surface area (Å²) in [5.74, 6) is 0.513. The number of hydrogen-bond donors (Lipinski definition) is 0. The summed E-state index contributed by atoms with van der Waals surface area (Å²) in [5, 5.41) is 0. The molecule has 0 radical (unpaired) electrons. The topological polar surface area (TPSA) is 39.7 Å². The van der Waals surface area contributed by atoms with Crippen LogP contribution in [-0.4, -0.2) is 49.0 Å². The van der Waals surface area contributed by atoms with Crippen LogP contribution in [0.15, 0.2) is 60.8 Å². The highest BCUT2D eigenvalue weighted by Gasteiger charge is 2.21. The van der Waals surface area contributed by atoms with Crippen LogP contribution in [0.1, 0.15) is 27.0 Å². The van der Waals surface area contributed by atoms with Gasteiger partial charge < -0.3 is 14.7 Å².